The number of hydrogen-bond donors (Lipinski definition) is 0. The molecule has 1 atom stereocenters. The molecule has 3 heteroatoms. The first kappa shape index (κ1) is 14.8. The lowest BCUT2D eigenvalue weighted by atomic mass is 9.61. The van der Waals surface area contributed by atoms with Crippen molar-refractivity contribution in [1.29, 1.82) is 0 Å². The molecule has 2 saturated carbocycles. The average molecular weight is 364 g/mol. The van der Waals surface area contributed by atoms with Crippen molar-refractivity contribution < 1.29 is 9.47 Å². The van der Waals surface area contributed by atoms with Crippen molar-refractivity contribution in [2.24, 2.45) is 17.8 Å². The summed E-state index contributed by atoms with van der Waals surface area (Å²) in [4.78, 5) is 0. The number of hydrogen-bond acceptors (Lipinski definition) is 2. The molecular formula is C15H25IO2. The lowest BCUT2D eigenvalue weighted by Crippen LogP contribution is -2.40. The molecule has 104 valence electrons. The fraction of sp³-hybridized carbons (Fsp3) is 0.867. The molecule has 0 N–H and O–H groups in total. The maximum Gasteiger partial charge on any atom is 0.0792 e. The van der Waals surface area contributed by atoms with E-state index in [1.165, 1.54) is 32.1 Å². The molecule has 0 aliphatic heterocycles. The maximum atomic E-state index is 5.95. The second-order valence-electron chi connectivity index (χ2n) is 5.53. The second kappa shape index (κ2) is 7.85. The van der Waals surface area contributed by atoms with Crippen molar-refractivity contribution >= 4 is 22.6 Å². The lowest BCUT2D eigenvalue weighted by Gasteiger charge is -2.46. The number of halogens is 1. The Morgan fingerprint density at radius 2 is 2.00 bits per heavy atom. The molecule has 2 nitrogen and oxygen atoms in total. The van der Waals surface area contributed by atoms with Crippen molar-refractivity contribution in [3.8, 4) is 0 Å². The monoisotopic (exact) mass is 364 g/mol. The van der Waals surface area contributed by atoms with Crippen LogP contribution in [-0.4, -0.2) is 25.9 Å². The lowest BCUT2D eigenvalue weighted by molar-refractivity contribution is -0.0456. The smallest absolute Gasteiger partial charge is 0.0792 e. The fourth-order valence-electron chi connectivity index (χ4n) is 3.08. The van der Waals surface area contributed by atoms with Crippen LogP contribution in [0.3, 0.4) is 0 Å². The van der Waals surface area contributed by atoms with Gasteiger partial charge in [0.25, 0.3) is 0 Å². The van der Waals surface area contributed by atoms with Crippen molar-refractivity contribution in [1.82, 2.24) is 0 Å². The molecule has 2 rings (SSSR count). The molecule has 1 unspecified atom stereocenters. The Labute approximate surface area is 125 Å². The van der Waals surface area contributed by atoms with Gasteiger partial charge in [0, 0.05) is 6.61 Å². The Kier molecular flexibility index (Phi) is 6.45. The molecule has 0 bridgehead atoms. The molecule has 0 aromatic heterocycles. The highest BCUT2D eigenvalue weighted by Gasteiger charge is 2.40. The molecule has 0 saturated heterocycles. The SMILES string of the molecule is CCOCCOC(/C=C/I)C1CC(C2CCC2)C1. The zero-order chi connectivity index (χ0) is 12.8. The summed E-state index contributed by atoms with van der Waals surface area (Å²) in [7, 11) is 0. The van der Waals surface area contributed by atoms with E-state index in [1.54, 1.807) is 0 Å². The van der Waals surface area contributed by atoms with Crippen LogP contribution in [-0.2, 0) is 9.47 Å². The van der Waals surface area contributed by atoms with Crippen LogP contribution in [0, 0.1) is 17.8 Å². The summed E-state index contributed by atoms with van der Waals surface area (Å²) in [6, 6.07) is 0. The summed E-state index contributed by atoms with van der Waals surface area (Å²) in [5, 5.41) is 0. The highest BCUT2D eigenvalue weighted by atomic mass is 127. The third-order valence-electron chi connectivity index (χ3n) is 4.50. The number of rotatable bonds is 8. The van der Waals surface area contributed by atoms with Gasteiger partial charge in [-0.05, 0) is 47.7 Å². The van der Waals surface area contributed by atoms with Crippen LogP contribution in [0.2, 0.25) is 0 Å². The van der Waals surface area contributed by atoms with Crippen LogP contribution in [0.5, 0.6) is 0 Å². The first-order chi connectivity index (χ1) is 8.85. The first-order valence-corrected chi connectivity index (χ1v) is 8.56. The topological polar surface area (TPSA) is 18.5 Å². The summed E-state index contributed by atoms with van der Waals surface area (Å²) >= 11 is 2.29. The van der Waals surface area contributed by atoms with E-state index >= 15 is 0 Å². The molecular weight excluding hydrogens is 339 g/mol. The van der Waals surface area contributed by atoms with Gasteiger partial charge < -0.3 is 9.47 Å². The minimum atomic E-state index is 0.318. The van der Waals surface area contributed by atoms with E-state index in [-0.39, 0.29) is 0 Å². The maximum absolute atomic E-state index is 5.95. The van der Waals surface area contributed by atoms with Gasteiger partial charge >= 0.3 is 0 Å². The molecule has 2 fully saturated rings. The van der Waals surface area contributed by atoms with Crippen LogP contribution >= 0.6 is 22.6 Å². The van der Waals surface area contributed by atoms with Gasteiger partial charge in [-0.3, -0.25) is 0 Å². The number of ether oxygens (including phenoxy) is 2. The average Bonchev–Trinajstić information content (AvgIpc) is 2.25. The molecule has 0 aromatic carbocycles. The van der Waals surface area contributed by atoms with Crippen molar-refractivity contribution in [2.75, 3.05) is 19.8 Å². The molecule has 2 aliphatic carbocycles. The van der Waals surface area contributed by atoms with Gasteiger partial charge in [-0.2, -0.15) is 0 Å². The van der Waals surface area contributed by atoms with Crippen LogP contribution in [0.1, 0.15) is 39.0 Å². The predicted molar refractivity (Wildman–Crippen MR) is 82.9 cm³/mol. The standard InChI is InChI=1S/C15H25IO2/c1-2-17-8-9-18-15(6-7-16)14-10-13(11-14)12-4-3-5-12/h6-7,12-15H,2-5,8-11H2,1H3/b7-6+. The van der Waals surface area contributed by atoms with E-state index in [4.69, 9.17) is 9.47 Å². The van der Waals surface area contributed by atoms with Crippen LogP contribution in [0.15, 0.2) is 10.2 Å². The van der Waals surface area contributed by atoms with Gasteiger partial charge in [0.1, 0.15) is 0 Å². The Hall–Kier alpha value is 0.390. The van der Waals surface area contributed by atoms with Gasteiger partial charge in [0.15, 0.2) is 0 Å². The van der Waals surface area contributed by atoms with Crippen molar-refractivity contribution in [3.05, 3.63) is 10.2 Å². The molecule has 0 radical (unpaired) electrons. The Morgan fingerprint density at radius 3 is 2.56 bits per heavy atom. The predicted octanol–water partition coefficient (Wildman–Crippen LogP) is 4.18. The fourth-order valence-corrected chi connectivity index (χ4v) is 3.49. The summed E-state index contributed by atoms with van der Waals surface area (Å²) in [5.74, 6) is 2.81. The van der Waals surface area contributed by atoms with Gasteiger partial charge in [-0.25, -0.2) is 0 Å². The Bertz CT molecular complexity index is 257. The molecule has 18 heavy (non-hydrogen) atoms. The minimum Gasteiger partial charge on any atom is -0.379 e. The van der Waals surface area contributed by atoms with Crippen LogP contribution in [0.25, 0.3) is 0 Å². The summed E-state index contributed by atoms with van der Waals surface area (Å²) in [6.45, 7) is 4.26. The molecule has 0 aromatic rings. The van der Waals surface area contributed by atoms with E-state index in [9.17, 15) is 0 Å². The van der Waals surface area contributed by atoms with Gasteiger partial charge in [0.2, 0.25) is 0 Å². The zero-order valence-electron chi connectivity index (χ0n) is 11.3. The molecule has 0 spiro atoms. The van der Waals surface area contributed by atoms with Crippen LogP contribution < -0.4 is 0 Å². The molecule has 0 amide bonds. The summed E-state index contributed by atoms with van der Waals surface area (Å²) < 4.78 is 13.4. The van der Waals surface area contributed by atoms with E-state index in [1.807, 2.05) is 6.92 Å². The Morgan fingerprint density at radius 1 is 1.22 bits per heavy atom. The zero-order valence-corrected chi connectivity index (χ0v) is 13.5. The molecule has 2 aliphatic rings. The van der Waals surface area contributed by atoms with Gasteiger partial charge in [0.05, 0.1) is 19.3 Å². The van der Waals surface area contributed by atoms with Crippen molar-refractivity contribution in [2.45, 2.75) is 45.1 Å². The Balaban J connectivity index is 1.66. The van der Waals surface area contributed by atoms with E-state index in [0.29, 0.717) is 6.10 Å². The van der Waals surface area contributed by atoms with Gasteiger partial charge in [-0.1, -0.05) is 41.9 Å². The van der Waals surface area contributed by atoms with E-state index in [0.717, 1.165) is 37.6 Å². The third kappa shape index (κ3) is 3.94. The van der Waals surface area contributed by atoms with Crippen molar-refractivity contribution in [3.63, 3.8) is 0 Å². The second-order valence-corrected chi connectivity index (χ2v) is 6.25. The summed E-state index contributed by atoms with van der Waals surface area (Å²) in [6.07, 6.45) is 9.72. The minimum absolute atomic E-state index is 0.318. The molecule has 0 heterocycles. The van der Waals surface area contributed by atoms with E-state index < -0.39 is 0 Å². The van der Waals surface area contributed by atoms with Crippen LogP contribution in [0.4, 0.5) is 0 Å². The highest BCUT2D eigenvalue weighted by Crippen LogP contribution is 2.48. The van der Waals surface area contributed by atoms with E-state index in [2.05, 4.69) is 32.7 Å². The largest absolute Gasteiger partial charge is 0.379 e. The quantitative estimate of drug-likeness (QED) is 0.475. The highest BCUT2D eigenvalue weighted by molar-refractivity contribution is 14.1. The first-order valence-electron chi connectivity index (χ1n) is 7.31. The third-order valence-corrected chi connectivity index (χ3v) is 4.91. The normalized spacial score (nSPS) is 30.1. The summed E-state index contributed by atoms with van der Waals surface area (Å²) in [5.41, 5.74) is 0. The van der Waals surface area contributed by atoms with Gasteiger partial charge in [-0.15, -0.1) is 0 Å².